The molecule has 0 bridgehead atoms. The van der Waals surface area contributed by atoms with Gasteiger partial charge in [-0.1, -0.05) is 35.9 Å². The average Bonchev–Trinajstić information content (AvgIpc) is 2.96. The molecule has 5 heteroatoms. The molecule has 3 rings (SSSR count). The van der Waals surface area contributed by atoms with Gasteiger partial charge < -0.3 is 10.5 Å². The van der Waals surface area contributed by atoms with Crippen molar-refractivity contribution in [2.45, 2.75) is 13.5 Å². The van der Waals surface area contributed by atoms with Gasteiger partial charge in [0.15, 0.2) is 0 Å². The van der Waals surface area contributed by atoms with Gasteiger partial charge in [0.25, 0.3) is 0 Å². The van der Waals surface area contributed by atoms with Gasteiger partial charge in [-0.15, -0.1) is 11.3 Å². The third-order valence-electron chi connectivity index (χ3n) is 3.69. The van der Waals surface area contributed by atoms with E-state index in [9.17, 15) is 0 Å². The maximum Gasteiger partial charge on any atom is 0.137 e. The molecule has 0 aliphatic rings. The summed E-state index contributed by atoms with van der Waals surface area (Å²) in [6.45, 7) is 2.57. The standard InChI is InChI=1S/C18H17ClN2OS/c1-11-17(12-7-8-16(22-2)15(19)9-12)21-18(23-11)14-6-4-3-5-13(14)10-20/h3-9H,10,20H2,1-2H3. The van der Waals surface area contributed by atoms with Crippen molar-refractivity contribution in [3.8, 4) is 27.6 Å². The Hall–Kier alpha value is -1.88. The van der Waals surface area contributed by atoms with Crippen LogP contribution in [0, 0.1) is 6.92 Å². The molecule has 0 aliphatic carbocycles. The SMILES string of the molecule is COc1ccc(-c2nc(-c3ccccc3CN)sc2C)cc1Cl. The van der Waals surface area contributed by atoms with Crippen LogP contribution in [0.2, 0.25) is 5.02 Å². The van der Waals surface area contributed by atoms with Crippen LogP contribution in [0.5, 0.6) is 5.75 Å². The molecule has 0 atom stereocenters. The molecule has 118 valence electrons. The van der Waals surface area contributed by atoms with Crippen LogP contribution in [0.1, 0.15) is 10.4 Å². The van der Waals surface area contributed by atoms with Crippen molar-refractivity contribution in [1.29, 1.82) is 0 Å². The third-order valence-corrected chi connectivity index (χ3v) is 4.99. The molecule has 0 spiro atoms. The Labute approximate surface area is 144 Å². The van der Waals surface area contributed by atoms with Gasteiger partial charge >= 0.3 is 0 Å². The molecule has 23 heavy (non-hydrogen) atoms. The lowest BCUT2D eigenvalue weighted by Gasteiger charge is -2.05. The normalized spacial score (nSPS) is 10.8. The highest BCUT2D eigenvalue weighted by Crippen LogP contribution is 2.37. The van der Waals surface area contributed by atoms with E-state index in [0.29, 0.717) is 17.3 Å². The summed E-state index contributed by atoms with van der Waals surface area (Å²) < 4.78 is 5.21. The molecule has 0 saturated heterocycles. The van der Waals surface area contributed by atoms with E-state index in [4.69, 9.17) is 27.1 Å². The predicted octanol–water partition coefficient (Wildman–Crippen LogP) is 4.91. The van der Waals surface area contributed by atoms with Gasteiger partial charge in [-0.3, -0.25) is 0 Å². The quantitative estimate of drug-likeness (QED) is 0.731. The highest BCUT2D eigenvalue weighted by atomic mass is 35.5. The first-order chi connectivity index (χ1) is 11.1. The molecule has 1 heterocycles. The van der Waals surface area contributed by atoms with Crippen molar-refractivity contribution in [3.63, 3.8) is 0 Å². The number of nitrogens with zero attached hydrogens (tertiary/aromatic N) is 1. The molecular weight excluding hydrogens is 328 g/mol. The number of rotatable bonds is 4. The van der Waals surface area contributed by atoms with Crippen molar-refractivity contribution in [2.24, 2.45) is 5.73 Å². The lowest BCUT2D eigenvalue weighted by Crippen LogP contribution is -1.98. The highest BCUT2D eigenvalue weighted by molar-refractivity contribution is 7.15. The Balaban J connectivity index is 2.06. The molecule has 0 aliphatic heterocycles. The first-order valence-electron chi connectivity index (χ1n) is 7.23. The molecule has 2 N–H and O–H groups in total. The largest absolute Gasteiger partial charge is 0.495 e. The van der Waals surface area contributed by atoms with Gasteiger partial charge in [-0.25, -0.2) is 4.98 Å². The van der Waals surface area contributed by atoms with E-state index in [0.717, 1.165) is 32.3 Å². The Bertz CT molecular complexity index is 845. The molecule has 1 aromatic heterocycles. The van der Waals surface area contributed by atoms with E-state index in [1.165, 1.54) is 0 Å². The monoisotopic (exact) mass is 344 g/mol. The molecular formula is C18H17ClN2OS. The zero-order chi connectivity index (χ0) is 16.4. The van der Waals surface area contributed by atoms with Gasteiger partial charge in [-0.05, 0) is 30.7 Å². The lowest BCUT2D eigenvalue weighted by molar-refractivity contribution is 0.415. The summed E-state index contributed by atoms with van der Waals surface area (Å²) in [5.41, 5.74) is 9.96. The molecule has 0 amide bonds. The fourth-order valence-electron chi connectivity index (χ4n) is 2.50. The number of methoxy groups -OCH3 is 1. The lowest BCUT2D eigenvalue weighted by atomic mass is 10.1. The Morgan fingerprint density at radius 3 is 2.70 bits per heavy atom. The van der Waals surface area contributed by atoms with Crippen LogP contribution in [0.15, 0.2) is 42.5 Å². The second-order valence-corrected chi connectivity index (χ2v) is 6.74. The maximum absolute atomic E-state index is 6.24. The van der Waals surface area contributed by atoms with Gasteiger partial charge in [-0.2, -0.15) is 0 Å². The highest BCUT2D eigenvalue weighted by Gasteiger charge is 2.14. The number of aromatic nitrogens is 1. The number of aryl methyl sites for hydroxylation is 1. The summed E-state index contributed by atoms with van der Waals surface area (Å²) in [4.78, 5) is 5.97. The summed E-state index contributed by atoms with van der Waals surface area (Å²) in [5.74, 6) is 0.664. The van der Waals surface area contributed by atoms with Gasteiger partial charge in [0.2, 0.25) is 0 Å². The van der Waals surface area contributed by atoms with Crippen LogP contribution in [0.4, 0.5) is 0 Å². The molecule has 0 fully saturated rings. The second-order valence-electron chi connectivity index (χ2n) is 5.13. The Kier molecular flexibility index (Phi) is 4.66. The number of halogens is 1. The smallest absolute Gasteiger partial charge is 0.137 e. The van der Waals surface area contributed by atoms with Gasteiger partial charge in [0.1, 0.15) is 10.8 Å². The van der Waals surface area contributed by atoms with Crippen molar-refractivity contribution in [1.82, 2.24) is 4.98 Å². The first-order valence-corrected chi connectivity index (χ1v) is 8.43. The van der Waals surface area contributed by atoms with E-state index < -0.39 is 0 Å². The van der Waals surface area contributed by atoms with E-state index in [2.05, 4.69) is 13.0 Å². The minimum atomic E-state index is 0.499. The number of nitrogens with two attached hydrogens (primary N) is 1. The number of thiazole rings is 1. The summed E-state index contributed by atoms with van der Waals surface area (Å²) in [7, 11) is 1.61. The van der Waals surface area contributed by atoms with Crippen molar-refractivity contribution in [2.75, 3.05) is 7.11 Å². The summed E-state index contributed by atoms with van der Waals surface area (Å²) in [6.07, 6.45) is 0. The van der Waals surface area contributed by atoms with Crippen LogP contribution in [-0.4, -0.2) is 12.1 Å². The minimum Gasteiger partial charge on any atom is -0.495 e. The van der Waals surface area contributed by atoms with E-state index >= 15 is 0 Å². The number of hydrogen-bond donors (Lipinski definition) is 1. The summed E-state index contributed by atoms with van der Waals surface area (Å²) >= 11 is 7.90. The Morgan fingerprint density at radius 2 is 2.00 bits per heavy atom. The zero-order valence-corrected chi connectivity index (χ0v) is 14.5. The van der Waals surface area contributed by atoms with Crippen LogP contribution in [0.25, 0.3) is 21.8 Å². The van der Waals surface area contributed by atoms with Gasteiger partial charge in [0, 0.05) is 22.5 Å². The maximum atomic E-state index is 6.24. The molecule has 0 saturated carbocycles. The van der Waals surface area contributed by atoms with E-state index in [-0.39, 0.29) is 0 Å². The van der Waals surface area contributed by atoms with Crippen molar-refractivity contribution >= 4 is 22.9 Å². The molecule has 3 aromatic rings. The summed E-state index contributed by atoms with van der Waals surface area (Å²) in [5, 5.41) is 1.56. The van der Waals surface area contributed by atoms with E-state index in [1.54, 1.807) is 18.4 Å². The topological polar surface area (TPSA) is 48.1 Å². The fraction of sp³-hybridized carbons (Fsp3) is 0.167. The van der Waals surface area contributed by atoms with Crippen molar-refractivity contribution in [3.05, 3.63) is 57.9 Å². The third kappa shape index (κ3) is 3.11. The van der Waals surface area contributed by atoms with Gasteiger partial charge in [0.05, 0.1) is 17.8 Å². The molecule has 3 nitrogen and oxygen atoms in total. The van der Waals surface area contributed by atoms with Crippen molar-refractivity contribution < 1.29 is 4.74 Å². The predicted molar refractivity (Wildman–Crippen MR) is 97.2 cm³/mol. The second kappa shape index (κ2) is 6.71. The number of benzene rings is 2. The van der Waals surface area contributed by atoms with Crippen LogP contribution >= 0.6 is 22.9 Å². The van der Waals surface area contributed by atoms with Crippen LogP contribution < -0.4 is 10.5 Å². The Morgan fingerprint density at radius 1 is 1.22 bits per heavy atom. The van der Waals surface area contributed by atoms with E-state index in [1.807, 2.05) is 36.4 Å². The molecule has 0 radical (unpaired) electrons. The first kappa shape index (κ1) is 16.0. The zero-order valence-electron chi connectivity index (χ0n) is 13.0. The molecule has 0 unspecified atom stereocenters. The average molecular weight is 345 g/mol. The molecule has 2 aromatic carbocycles. The minimum absolute atomic E-state index is 0.499. The fourth-order valence-corrected chi connectivity index (χ4v) is 3.75. The van der Waals surface area contributed by atoms with Crippen LogP contribution in [0.3, 0.4) is 0 Å². The number of ether oxygens (including phenoxy) is 1. The van der Waals surface area contributed by atoms with Crippen LogP contribution in [-0.2, 0) is 6.54 Å². The number of hydrogen-bond acceptors (Lipinski definition) is 4. The summed E-state index contributed by atoms with van der Waals surface area (Å²) in [6, 6.07) is 13.8.